The maximum Gasteiger partial charge on any atom is 0.335 e. The number of hydrogen-bond donors (Lipinski definition) is 1. The predicted molar refractivity (Wildman–Crippen MR) is 193 cm³/mol. The zero-order valence-electron chi connectivity index (χ0n) is 31.1. The molecule has 0 spiro atoms. The third-order valence-corrected chi connectivity index (χ3v) is 16.1. The van der Waals surface area contributed by atoms with Crippen LogP contribution >= 0.6 is 0 Å². The summed E-state index contributed by atoms with van der Waals surface area (Å²) >= 11 is 0. The van der Waals surface area contributed by atoms with Crippen LogP contribution in [0.5, 0.6) is 0 Å². The van der Waals surface area contributed by atoms with Crippen molar-refractivity contribution in [2.75, 3.05) is 13.6 Å². The number of carbonyl (C=O) groups excluding carboxylic acids is 2. The van der Waals surface area contributed by atoms with E-state index in [0.29, 0.717) is 53.9 Å². The molecule has 5 nitrogen and oxygen atoms in total. The molecular weight excluding hydrogens is 594 g/mol. The molecule has 1 N–H and O–H groups in total. The van der Waals surface area contributed by atoms with Gasteiger partial charge < -0.3 is 10.0 Å². The van der Waals surface area contributed by atoms with Gasteiger partial charge in [-0.15, -0.1) is 0 Å². The Labute approximate surface area is 290 Å². The summed E-state index contributed by atoms with van der Waals surface area (Å²) in [5, 5.41) is 9.47. The number of nitrogens with zero attached hydrogens (tertiary/aromatic N) is 1. The third kappa shape index (κ3) is 5.02. The van der Waals surface area contributed by atoms with Crippen LogP contribution in [0, 0.1) is 56.7 Å². The smallest absolute Gasteiger partial charge is 0.335 e. The van der Waals surface area contributed by atoms with Gasteiger partial charge in [0.1, 0.15) is 5.78 Å². The van der Waals surface area contributed by atoms with Crippen molar-refractivity contribution >= 4 is 23.2 Å². The van der Waals surface area contributed by atoms with E-state index in [1.807, 2.05) is 19.2 Å². The largest absolute Gasteiger partial charge is 0.478 e. The first-order valence-corrected chi connectivity index (χ1v) is 18.9. The molecule has 9 atom stereocenters. The van der Waals surface area contributed by atoms with Crippen molar-refractivity contribution in [1.82, 2.24) is 4.90 Å². The van der Waals surface area contributed by atoms with Gasteiger partial charge in [0.05, 0.1) is 5.56 Å². The van der Waals surface area contributed by atoms with Crippen LogP contribution in [-0.2, 0) is 9.59 Å². The van der Waals surface area contributed by atoms with E-state index in [1.165, 1.54) is 36.8 Å². The molecule has 4 saturated carbocycles. The minimum atomic E-state index is -0.879. The molecular formula is C43H61NO4. The molecule has 0 saturated heterocycles. The fraction of sp³-hybridized carbons (Fsp3) is 0.698. The number of carbonyl (C=O) groups is 3. The fourth-order valence-corrected chi connectivity index (χ4v) is 13.4. The summed E-state index contributed by atoms with van der Waals surface area (Å²) < 4.78 is 0. The lowest BCUT2D eigenvalue weighted by molar-refractivity contribution is -0.224. The van der Waals surface area contributed by atoms with Crippen LogP contribution in [0.3, 0.4) is 0 Å². The van der Waals surface area contributed by atoms with Crippen LogP contribution < -0.4 is 0 Å². The van der Waals surface area contributed by atoms with Gasteiger partial charge in [0.15, 0.2) is 0 Å². The molecule has 1 amide bonds. The van der Waals surface area contributed by atoms with Crippen molar-refractivity contribution in [3.63, 3.8) is 0 Å². The second-order valence-electron chi connectivity index (χ2n) is 18.2. The first-order chi connectivity index (χ1) is 22.4. The molecule has 1 aromatic rings. The molecule has 5 aliphatic carbocycles. The van der Waals surface area contributed by atoms with Crippen molar-refractivity contribution in [3.05, 3.63) is 53.6 Å². The van der Waals surface area contributed by atoms with E-state index in [-0.39, 0.29) is 33.0 Å². The van der Waals surface area contributed by atoms with E-state index in [4.69, 9.17) is 0 Å². The molecule has 5 heteroatoms. The predicted octanol–water partition coefficient (Wildman–Crippen LogP) is 9.86. The standard InChI is InChI=1S/C43H61NO4/c1-27(2)31-18-23-43(36(46)11-10-26-44(9)28(3)45)25-24-41(7)33(37(31)43)16-17-35-40(6)21-19-32(29-12-14-30(15-13-29)38(47)48)39(4,5)34(40)20-22-42(35,41)8/h12-15,19,31,33-35,37H,1,10-11,16-18,20-26H2,2-9H3,(H,47,48)/t31-,33+,34-,35+,37+,40-,41+,42+,43+/m0/s1. The summed E-state index contributed by atoms with van der Waals surface area (Å²) in [5.41, 5.74) is 4.43. The molecule has 0 unspecified atom stereocenters. The second-order valence-corrected chi connectivity index (χ2v) is 18.2. The molecule has 262 valence electrons. The number of ketones is 1. The molecule has 6 rings (SSSR count). The fourth-order valence-electron chi connectivity index (χ4n) is 13.4. The maximum absolute atomic E-state index is 14.4. The van der Waals surface area contributed by atoms with Crippen LogP contribution in [0.15, 0.2) is 42.5 Å². The Hall–Kier alpha value is -2.69. The number of rotatable bonds is 8. The molecule has 48 heavy (non-hydrogen) atoms. The first kappa shape index (κ1) is 35.1. The highest BCUT2D eigenvalue weighted by molar-refractivity contribution is 5.88. The van der Waals surface area contributed by atoms with E-state index in [2.05, 4.69) is 54.2 Å². The molecule has 0 aliphatic heterocycles. The summed E-state index contributed by atoms with van der Waals surface area (Å²) in [6.07, 6.45) is 14.0. The third-order valence-electron chi connectivity index (χ3n) is 16.1. The summed E-state index contributed by atoms with van der Waals surface area (Å²) in [4.78, 5) is 39.5. The number of allylic oxidation sites excluding steroid dienone is 3. The summed E-state index contributed by atoms with van der Waals surface area (Å²) in [7, 11) is 1.84. The lowest BCUT2D eigenvalue weighted by atomic mass is 9.32. The minimum Gasteiger partial charge on any atom is -0.478 e. The van der Waals surface area contributed by atoms with Crippen LogP contribution in [0.25, 0.3) is 5.57 Å². The Bertz CT molecular complexity index is 1520. The van der Waals surface area contributed by atoms with E-state index in [0.717, 1.165) is 44.1 Å². The van der Waals surface area contributed by atoms with Gasteiger partial charge in [-0.2, -0.15) is 0 Å². The van der Waals surface area contributed by atoms with E-state index in [9.17, 15) is 19.5 Å². The zero-order chi connectivity index (χ0) is 35.0. The van der Waals surface area contributed by atoms with E-state index < -0.39 is 5.97 Å². The SMILES string of the molecule is C=C(C)[C@@H]1CC[C@]2(C(=O)CCCN(C)C(C)=O)CC[C@]3(C)[C@H](CC[C@@H]4[C@@]5(C)CC=C(c6ccc(C(=O)O)cc6)C(C)(C)[C@@H]5CC[C@]43C)[C@@H]12. The first-order valence-electron chi connectivity index (χ1n) is 18.9. The second kappa shape index (κ2) is 12.0. The Balaban J connectivity index is 1.31. The zero-order valence-corrected chi connectivity index (χ0v) is 31.1. The molecule has 0 radical (unpaired) electrons. The van der Waals surface area contributed by atoms with Gasteiger partial charge in [-0.25, -0.2) is 4.79 Å². The van der Waals surface area contributed by atoms with Crippen molar-refractivity contribution < 1.29 is 19.5 Å². The Kier molecular flexibility index (Phi) is 8.77. The highest BCUT2D eigenvalue weighted by atomic mass is 16.4. The van der Waals surface area contributed by atoms with E-state index in [1.54, 1.807) is 24.0 Å². The van der Waals surface area contributed by atoms with Crippen LogP contribution in [0.4, 0.5) is 0 Å². The number of fused-ring (bicyclic) bond motifs is 7. The minimum absolute atomic E-state index is 0.0160. The number of carboxylic acids is 1. The van der Waals surface area contributed by atoms with Crippen LogP contribution in [-0.4, -0.2) is 41.3 Å². The topological polar surface area (TPSA) is 74.7 Å². The molecule has 5 aliphatic rings. The number of aromatic carboxylic acids is 1. The molecule has 0 bridgehead atoms. The van der Waals surface area contributed by atoms with Crippen LogP contribution in [0.2, 0.25) is 0 Å². The molecule has 0 aromatic heterocycles. The van der Waals surface area contributed by atoms with Crippen molar-refractivity contribution in [2.24, 2.45) is 56.7 Å². The summed E-state index contributed by atoms with van der Waals surface area (Å²) in [6, 6.07) is 7.52. The molecule has 0 heterocycles. The summed E-state index contributed by atoms with van der Waals surface area (Å²) in [5.74, 6) is 2.12. The highest BCUT2D eigenvalue weighted by Gasteiger charge is 2.71. The van der Waals surface area contributed by atoms with Gasteiger partial charge in [-0.3, -0.25) is 9.59 Å². The quantitative estimate of drug-likeness (QED) is 0.283. The van der Waals surface area contributed by atoms with Gasteiger partial charge in [0.2, 0.25) is 5.91 Å². The maximum atomic E-state index is 14.4. The number of hydrogen-bond acceptors (Lipinski definition) is 3. The number of carboxylic acid groups (broad SMARTS) is 1. The Morgan fingerprint density at radius 2 is 1.56 bits per heavy atom. The van der Waals surface area contributed by atoms with Gasteiger partial charge in [0.25, 0.3) is 0 Å². The van der Waals surface area contributed by atoms with Gasteiger partial charge >= 0.3 is 5.97 Å². The average molecular weight is 656 g/mol. The van der Waals surface area contributed by atoms with Crippen molar-refractivity contribution in [3.8, 4) is 0 Å². The van der Waals surface area contributed by atoms with Gasteiger partial charge in [-0.05, 0) is 146 Å². The van der Waals surface area contributed by atoms with Crippen molar-refractivity contribution in [2.45, 2.75) is 119 Å². The van der Waals surface area contributed by atoms with Gasteiger partial charge in [0, 0.05) is 32.4 Å². The Morgan fingerprint density at radius 1 is 0.875 bits per heavy atom. The van der Waals surface area contributed by atoms with E-state index >= 15 is 0 Å². The van der Waals surface area contributed by atoms with Crippen LogP contribution in [0.1, 0.15) is 135 Å². The highest BCUT2D eigenvalue weighted by Crippen LogP contribution is 2.78. The lowest BCUT2D eigenvalue weighted by Crippen LogP contribution is -2.65. The number of amides is 1. The average Bonchev–Trinajstić information content (AvgIpc) is 3.42. The van der Waals surface area contributed by atoms with Crippen molar-refractivity contribution in [1.29, 1.82) is 0 Å². The van der Waals surface area contributed by atoms with Gasteiger partial charge in [-0.1, -0.05) is 65.0 Å². The lowest BCUT2D eigenvalue weighted by Gasteiger charge is -2.72. The normalized spacial score (nSPS) is 39.6. The monoisotopic (exact) mass is 655 g/mol. The number of benzene rings is 1. The summed E-state index contributed by atoms with van der Waals surface area (Å²) in [6.45, 7) is 21.7. The number of Topliss-reactive ketones (excluding diaryl/α,β-unsaturated/α-hetero) is 1. The molecule has 1 aromatic carbocycles. The Morgan fingerprint density at radius 3 is 2.19 bits per heavy atom. The molecule has 4 fully saturated rings.